The second kappa shape index (κ2) is 12.7. The molecule has 1 aliphatic rings. The van der Waals surface area contributed by atoms with Crippen molar-refractivity contribution in [1.29, 1.82) is 0 Å². The second-order valence-electron chi connectivity index (χ2n) is 10.2. The number of aromatic nitrogens is 2. The first-order chi connectivity index (χ1) is 21.1. The highest BCUT2D eigenvalue weighted by molar-refractivity contribution is 7.92. The van der Waals surface area contributed by atoms with Crippen molar-refractivity contribution in [1.82, 2.24) is 19.8 Å². The van der Waals surface area contributed by atoms with Gasteiger partial charge in [-0.2, -0.15) is 0 Å². The van der Waals surface area contributed by atoms with Gasteiger partial charge in [-0.05, 0) is 29.8 Å². The van der Waals surface area contributed by atoms with Crippen molar-refractivity contribution >= 4 is 50.2 Å². The standard InChI is InChI=1S/C30H33N7O6S/c1-19(38)36-11-13-37(14-12-36)27(28(31)39)20-7-6-8-24(15-20)44(40,41)35-30-29(33-25-9-4-5-10-26(25)34-30)32-21-16-22(42-2)18-23(17-21)43-3/h4-10,15-18,27H,11-14H2,1-3H3,(H2,31,39)(H,32,33)(H,34,35). The minimum absolute atomic E-state index is 0.0392. The number of piperazine rings is 1. The van der Waals surface area contributed by atoms with Crippen LogP contribution >= 0.6 is 0 Å². The van der Waals surface area contributed by atoms with Crippen LogP contribution in [0.25, 0.3) is 11.0 Å². The summed E-state index contributed by atoms with van der Waals surface area (Å²) in [5, 5.41) is 3.13. The molecular formula is C30H33N7O6S. The quantitative estimate of drug-likeness (QED) is 0.240. The number of nitrogens with one attached hydrogen (secondary N) is 2. The lowest BCUT2D eigenvalue weighted by Crippen LogP contribution is -2.51. The molecular weight excluding hydrogens is 586 g/mol. The predicted octanol–water partition coefficient (Wildman–Crippen LogP) is 2.88. The Labute approximate surface area is 255 Å². The number of carbonyl (C=O) groups excluding carboxylic acids is 2. The summed E-state index contributed by atoms with van der Waals surface area (Å²) in [4.78, 5) is 37.0. The van der Waals surface area contributed by atoms with E-state index in [1.807, 2.05) is 4.90 Å². The summed E-state index contributed by atoms with van der Waals surface area (Å²) < 4.78 is 40.8. The second-order valence-corrected chi connectivity index (χ2v) is 11.8. The lowest BCUT2D eigenvalue weighted by Gasteiger charge is -2.38. The molecule has 1 atom stereocenters. The molecule has 1 aliphatic heterocycles. The van der Waals surface area contributed by atoms with Gasteiger partial charge in [0.15, 0.2) is 11.6 Å². The topological polar surface area (TPSA) is 169 Å². The normalized spacial score (nSPS) is 14.6. The molecule has 4 aromatic rings. The molecule has 2 heterocycles. The molecule has 0 bridgehead atoms. The lowest BCUT2D eigenvalue weighted by atomic mass is 10.0. The first-order valence-corrected chi connectivity index (χ1v) is 15.2. The van der Waals surface area contributed by atoms with Crippen molar-refractivity contribution in [3.8, 4) is 11.5 Å². The van der Waals surface area contributed by atoms with E-state index in [0.29, 0.717) is 60.0 Å². The fourth-order valence-corrected chi connectivity index (χ4v) is 6.13. The highest BCUT2D eigenvalue weighted by Crippen LogP contribution is 2.32. The Morgan fingerprint density at radius 2 is 1.48 bits per heavy atom. The first-order valence-electron chi connectivity index (χ1n) is 13.8. The van der Waals surface area contributed by atoms with E-state index in [4.69, 9.17) is 15.2 Å². The van der Waals surface area contributed by atoms with E-state index < -0.39 is 22.0 Å². The number of hydrogen-bond donors (Lipinski definition) is 3. The molecule has 4 N–H and O–H groups in total. The third-order valence-electron chi connectivity index (χ3n) is 7.29. The summed E-state index contributed by atoms with van der Waals surface area (Å²) >= 11 is 0. The molecule has 0 aliphatic carbocycles. The third kappa shape index (κ3) is 6.66. The monoisotopic (exact) mass is 619 g/mol. The molecule has 5 rings (SSSR count). The van der Waals surface area contributed by atoms with Gasteiger partial charge in [0.1, 0.15) is 17.5 Å². The number of primary amides is 1. The van der Waals surface area contributed by atoms with Gasteiger partial charge in [0, 0.05) is 57.0 Å². The molecule has 1 unspecified atom stereocenters. The number of benzene rings is 3. The zero-order valence-electron chi connectivity index (χ0n) is 24.5. The van der Waals surface area contributed by atoms with Crippen LogP contribution in [-0.2, 0) is 19.6 Å². The average Bonchev–Trinajstić information content (AvgIpc) is 3.01. The number of methoxy groups -OCH3 is 2. The maximum Gasteiger partial charge on any atom is 0.263 e. The largest absolute Gasteiger partial charge is 0.497 e. The van der Waals surface area contributed by atoms with Crippen LogP contribution in [0.5, 0.6) is 11.5 Å². The van der Waals surface area contributed by atoms with Gasteiger partial charge in [0.2, 0.25) is 11.8 Å². The molecule has 2 amide bonds. The van der Waals surface area contributed by atoms with Crippen LogP contribution in [0.15, 0.2) is 71.6 Å². The number of fused-ring (bicyclic) bond motifs is 1. The molecule has 1 aromatic heterocycles. The Hall–Kier alpha value is -4.95. The number of hydrogen-bond acceptors (Lipinski definition) is 10. The molecule has 13 nitrogen and oxygen atoms in total. The van der Waals surface area contributed by atoms with E-state index >= 15 is 0 Å². The van der Waals surface area contributed by atoms with Gasteiger partial charge in [0.05, 0.1) is 30.1 Å². The molecule has 0 saturated carbocycles. The fourth-order valence-electron chi connectivity index (χ4n) is 5.06. The predicted molar refractivity (Wildman–Crippen MR) is 165 cm³/mol. The SMILES string of the molecule is COc1cc(Nc2nc3ccccc3nc2NS(=O)(=O)c2cccc(C(C(N)=O)N3CCN(C(C)=O)CC3)c2)cc(OC)c1. The van der Waals surface area contributed by atoms with Crippen molar-refractivity contribution in [3.05, 3.63) is 72.3 Å². The average molecular weight is 620 g/mol. The summed E-state index contributed by atoms with van der Waals surface area (Å²) in [7, 11) is -1.17. The first kappa shape index (κ1) is 30.5. The number of sulfonamides is 1. The van der Waals surface area contributed by atoms with Crippen LogP contribution in [0.1, 0.15) is 18.5 Å². The van der Waals surface area contributed by atoms with Crippen LogP contribution in [0.3, 0.4) is 0 Å². The smallest absolute Gasteiger partial charge is 0.263 e. The van der Waals surface area contributed by atoms with Gasteiger partial charge in [-0.1, -0.05) is 24.3 Å². The summed E-state index contributed by atoms with van der Waals surface area (Å²) in [6.07, 6.45) is 0. The van der Waals surface area contributed by atoms with E-state index in [0.717, 1.165) is 0 Å². The van der Waals surface area contributed by atoms with Crippen molar-refractivity contribution in [2.45, 2.75) is 17.9 Å². The maximum absolute atomic E-state index is 13.8. The Kier molecular flexibility index (Phi) is 8.83. The summed E-state index contributed by atoms with van der Waals surface area (Å²) in [6.45, 7) is 3.21. The van der Waals surface area contributed by atoms with Gasteiger partial charge in [-0.25, -0.2) is 18.4 Å². The minimum atomic E-state index is -4.22. The molecule has 44 heavy (non-hydrogen) atoms. The molecule has 230 valence electrons. The van der Waals surface area contributed by atoms with Gasteiger partial charge >= 0.3 is 0 Å². The van der Waals surface area contributed by atoms with Crippen molar-refractivity contribution in [2.24, 2.45) is 5.73 Å². The number of amides is 2. The number of ether oxygens (including phenoxy) is 2. The third-order valence-corrected chi connectivity index (χ3v) is 8.63. The van der Waals surface area contributed by atoms with Gasteiger partial charge < -0.3 is 25.4 Å². The molecule has 0 radical (unpaired) electrons. The van der Waals surface area contributed by atoms with E-state index in [9.17, 15) is 18.0 Å². The van der Waals surface area contributed by atoms with Crippen LogP contribution in [0.2, 0.25) is 0 Å². The highest BCUT2D eigenvalue weighted by atomic mass is 32.2. The van der Waals surface area contributed by atoms with Gasteiger partial charge in [0.25, 0.3) is 10.0 Å². The molecule has 1 saturated heterocycles. The summed E-state index contributed by atoms with van der Waals surface area (Å²) in [5.41, 5.74) is 7.77. The van der Waals surface area contributed by atoms with Gasteiger partial charge in [-0.15, -0.1) is 0 Å². The van der Waals surface area contributed by atoms with Crippen LogP contribution in [0, 0.1) is 0 Å². The highest BCUT2D eigenvalue weighted by Gasteiger charge is 2.31. The lowest BCUT2D eigenvalue weighted by molar-refractivity contribution is -0.131. The molecule has 3 aromatic carbocycles. The minimum Gasteiger partial charge on any atom is -0.497 e. The Bertz CT molecular complexity index is 1790. The molecule has 0 spiro atoms. The zero-order valence-corrected chi connectivity index (χ0v) is 25.3. The molecule has 14 heteroatoms. The Balaban J connectivity index is 1.48. The Morgan fingerprint density at radius 1 is 0.864 bits per heavy atom. The number of para-hydroxylation sites is 2. The molecule has 1 fully saturated rings. The number of nitrogens with zero attached hydrogens (tertiary/aromatic N) is 4. The van der Waals surface area contributed by atoms with E-state index in [-0.39, 0.29) is 22.4 Å². The van der Waals surface area contributed by atoms with Crippen LogP contribution in [-0.4, -0.2) is 80.4 Å². The number of anilines is 3. The fraction of sp³-hybridized carbons (Fsp3) is 0.267. The zero-order chi connectivity index (χ0) is 31.4. The maximum atomic E-state index is 13.8. The summed E-state index contributed by atoms with van der Waals surface area (Å²) in [5.74, 6) is 0.484. The van der Waals surface area contributed by atoms with Crippen LogP contribution < -0.4 is 25.2 Å². The summed E-state index contributed by atoms with van der Waals surface area (Å²) in [6, 6.07) is 17.4. The number of carbonyl (C=O) groups is 2. The Morgan fingerprint density at radius 3 is 2.05 bits per heavy atom. The van der Waals surface area contributed by atoms with E-state index in [1.54, 1.807) is 59.5 Å². The van der Waals surface area contributed by atoms with E-state index in [1.165, 1.54) is 33.3 Å². The van der Waals surface area contributed by atoms with Gasteiger partial charge in [-0.3, -0.25) is 19.2 Å². The van der Waals surface area contributed by atoms with E-state index in [2.05, 4.69) is 20.0 Å². The van der Waals surface area contributed by atoms with Crippen molar-refractivity contribution in [3.63, 3.8) is 0 Å². The number of nitrogens with two attached hydrogens (primary N) is 1. The van der Waals surface area contributed by atoms with Crippen LogP contribution in [0.4, 0.5) is 17.3 Å². The van der Waals surface area contributed by atoms with Crippen molar-refractivity contribution < 1.29 is 27.5 Å². The number of rotatable bonds is 10. The van der Waals surface area contributed by atoms with Crippen molar-refractivity contribution in [2.75, 3.05) is 50.4 Å².